The number of hydrogen-bond donors (Lipinski definition) is 1. The predicted octanol–water partition coefficient (Wildman–Crippen LogP) is 2.39. The molecule has 2 aromatic carbocycles. The number of hydrogen-bond acceptors (Lipinski definition) is 5. The van der Waals surface area contributed by atoms with Gasteiger partial charge in [0, 0.05) is 6.42 Å². The monoisotopic (exact) mass is 325 g/mol. The van der Waals surface area contributed by atoms with Crippen LogP contribution in [0.3, 0.4) is 0 Å². The number of hydroxylamine groups is 2. The highest BCUT2D eigenvalue weighted by molar-refractivity contribution is 5.76. The summed E-state index contributed by atoms with van der Waals surface area (Å²) in [5, 5.41) is 12.3. The molecule has 4 rings (SSSR count). The lowest BCUT2D eigenvalue weighted by Gasteiger charge is -2.34. The van der Waals surface area contributed by atoms with Crippen molar-refractivity contribution < 1.29 is 19.5 Å². The molecule has 0 unspecified atom stereocenters. The van der Waals surface area contributed by atoms with E-state index in [4.69, 9.17) is 9.57 Å². The highest BCUT2D eigenvalue weighted by Crippen LogP contribution is 2.39. The second kappa shape index (κ2) is 6.36. The molecule has 124 valence electrons. The zero-order chi connectivity index (χ0) is 16.5. The van der Waals surface area contributed by atoms with Gasteiger partial charge in [0.05, 0.1) is 6.04 Å². The maximum atomic E-state index is 12.1. The molecule has 5 heteroatoms. The van der Waals surface area contributed by atoms with Crippen molar-refractivity contribution in [2.75, 3.05) is 6.61 Å². The average Bonchev–Trinajstić information content (AvgIpc) is 3.09. The summed E-state index contributed by atoms with van der Waals surface area (Å²) in [6, 6.07) is 18.6. The number of aliphatic hydroxyl groups excluding tert-OH is 1. The molecule has 0 aromatic heterocycles. The number of rotatable bonds is 3. The first kappa shape index (κ1) is 15.3. The van der Waals surface area contributed by atoms with Gasteiger partial charge in [0.1, 0.15) is 24.9 Å². The van der Waals surface area contributed by atoms with E-state index in [1.807, 2.05) is 60.7 Å². The maximum Gasteiger partial charge on any atom is 0.325 e. The molecule has 4 atom stereocenters. The van der Waals surface area contributed by atoms with Gasteiger partial charge < -0.3 is 9.84 Å². The van der Waals surface area contributed by atoms with E-state index in [1.54, 1.807) is 5.06 Å². The van der Waals surface area contributed by atoms with Crippen LogP contribution >= 0.6 is 0 Å². The molecular formula is C19H19NO4. The molecule has 2 aliphatic heterocycles. The van der Waals surface area contributed by atoms with Crippen LogP contribution in [0.15, 0.2) is 60.7 Å². The number of carbonyl (C=O) groups is 1. The van der Waals surface area contributed by atoms with Gasteiger partial charge in [0.2, 0.25) is 0 Å². The van der Waals surface area contributed by atoms with Gasteiger partial charge in [-0.15, -0.1) is 0 Å². The fourth-order valence-corrected chi connectivity index (χ4v) is 3.39. The number of ether oxygens (including phenoxy) is 1. The van der Waals surface area contributed by atoms with Gasteiger partial charge in [-0.3, -0.25) is 9.63 Å². The summed E-state index contributed by atoms with van der Waals surface area (Å²) in [6.07, 6.45) is -0.826. The molecule has 24 heavy (non-hydrogen) atoms. The number of benzene rings is 2. The maximum absolute atomic E-state index is 12.1. The van der Waals surface area contributed by atoms with Crippen molar-refractivity contribution in [3.8, 4) is 0 Å². The van der Waals surface area contributed by atoms with Crippen molar-refractivity contribution in [2.24, 2.45) is 0 Å². The molecule has 5 nitrogen and oxygen atoms in total. The Morgan fingerprint density at radius 1 is 1.00 bits per heavy atom. The van der Waals surface area contributed by atoms with Crippen LogP contribution in [0.1, 0.15) is 29.7 Å². The third-order valence-corrected chi connectivity index (χ3v) is 4.66. The van der Waals surface area contributed by atoms with Crippen LogP contribution in [0.5, 0.6) is 0 Å². The fraction of sp³-hybridized carbons (Fsp3) is 0.316. The van der Waals surface area contributed by atoms with Crippen LogP contribution in [0, 0.1) is 0 Å². The van der Waals surface area contributed by atoms with Crippen molar-refractivity contribution in [3.63, 3.8) is 0 Å². The Labute approximate surface area is 140 Å². The number of aliphatic hydroxyl groups is 1. The van der Waals surface area contributed by atoms with Crippen molar-refractivity contribution in [3.05, 3.63) is 71.8 Å². The molecule has 2 aromatic rings. The summed E-state index contributed by atoms with van der Waals surface area (Å²) in [5.74, 6) is -0.287. The molecule has 2 heterocycles. The summed E-state index contributed by atoms with van der Waals surface area (Å²) in [7, 11) is 0. The first-order valence-corrected chi connectivity index (χ1v) is 8.14. The molecule has 0 spiro atoms. The molecular weight excluding hydrogens is 306 g/mol. The van der Waals surface area contributed by atoms with E-state index in [1.165, 1.54) is 0 Å². The summed E-state index contributed by atoms with van der Waals surface area (Å²) >= 11 is 0. The van der Waals surface area contributed by atoms with E-state index in [9.17, 15) is 9.90 Å². The molecule has 0 radical (unpaired) electrons. The number of cyclic esters (lactones) is 1. The van der Waals surface area contributed by atoms with Crippen LogP contribution in [0.4, 0.5) is 0 Å². The Hall–Kier alpha value is -2.21. The van der Waals surface area contributed by atoms with E-state index >= 15 is 0 Å². The summed E-state index contributed by atoms with van der Waals surface area (Å²) in [5.41, 5.74) is 1.82. The summed E-state index contributed by atoms with van der Waals surface area (Å²) in [4.78, 5) is 18.1. The number of fused-ring (bicyclic) bond motifs is 1. The van der Waals surface area contributed by atoms with Gasteiger partial charge in [0.25, 0.3) is 0 Å². The quantitative estimate of drug-likeness (QED) is 0.878. The van der Waals surface area contributed by atoms with Crippen LogP contribution in [0.2, 0.25) is 0 Å². The van der Waals surface area contributed by atoms with Gasteiger partial charge in [-0.05, 0) is 11.1 Å². The standard InChI is InChI=1S/C19H19NO4/c21-18(14-9-5-2-6-10-14)17-11-15-19(22)23-12-16(20(15)24-17)13-7-3-1-4-8-13/h1-10,15-18,21H,11-12H2/t15-,16+,17-,18+/m1/s1. The highest BCUT2D eigenvalue weighted by atomic mass is 16.7. The molecule has 0 amide bonds. The average molecular weight is 325 g/mol. The van der Waals surface area contributed by atoms with E-state index in [0.29, 0.717) is 6.42 Å². The normalized spacial score (nSPS) is 28.2. The van der Waals surface area contributed by atoms with Gasteiger partial charge in [0.15, 0.2) is 0 Å². The fourth-order valence-electron chi connectivity index (χ4n) is 3.39. The molecule has 2 saturated heterocycles. The number of carbonyl (C=O) groups excluding carboxylic acids is 1. The van der Waals surface area contributed by atoms with E-state index in [-0.39, 0.29) is 18.6 Å². The van der Waals surface area contributed by atoms with Gasteiger partial charge in [-0.25, -0.2) is 0 Å². The number of morpholine rings is 1. The van der Waals surface area contributed by atoms with E-state index < -0.39 is 18.2 Å². The number of esters is 1. The lowest BCUT2D eigenvalue weighted by Crippen LogP contribution is -2.46. The van der Waals surface area contributed by atoms with Crippen molar-refractivity contribution in [1.82, 2.24) is 5.06 Å². The first-order chi connectivity index (χ1) is 11.7. The number of nitrogens with zero attached hydrogens (tertiary/aromatic N) is 1. The lowest BCUT2D eigenvalue weighted by atomic mass is 9.98. The minimum Gasteiger partial charge on any atom is -0.462 e. The molecule has 1 N–H and O–H groups in total. The molecule has 2 aliphatic rings. The van der Waals surface area contributed by atoms with Gasteiger partial charge in [-0.2, -0.15) is 5.06 Å². The predicted molar refractivity (Wildman–Crippen MR) is 86.7 cm³/mol. The van der Waals surface area contributed by atoms with Crippen molar-refractivity contribution in [2.45, 2.75) is 30.7 Å². The SMILES string of the molecule is O=C1OC[C@@H](c2ccccc2)N2O[C@@H]([C@@H](O)c3ccccc3)C[C@H]12. The molecule has 0 aliphatic carbocycles. The first-order valence-electron chi connectivity index (χ1n) is 8.14. The summed E-state index contributed by atoms with van der Waals surface area (Å²) in [6.45, 7) is 0.257. The third-order valence-electron chi connectivity index (χ3n) is 4.66. The smallest absolute Gasteiger partial charge is 0.325 e. The van der Waals surface area contributed by atoms with Crippen LogP contribution in [-0.2, 0) is 14.4 Å². The van der Waals surface area contributed by atoms with Gasteiger partial charge in [-0.1, -0.05) is 60.7 Å². The Morgan fingerprint density at radius 3 is 2.38 bits per heavy atom. The van der Waals surface area contributed by atoms with Crippen molar-refractivity contribution >= 4 is 5.97 Å². The largest absolute Gasteiger partial charge is 0.462 e. The minimum absolute atomic E-state index is 0.151. The Balaban J connectivity index is 1.58. The van der Waals surface area contributed by atoms with Crippen LogP contribution < -0.4 is 0 Å². The topological polar surface area (TPSA) is 59.0 Å². The van der Waals surface area contributed by atoms with E-state index in [2.05, 4.69) is 0 Å². The van der Waals surface area contributed by atoms with E-state index in [0.717, 1.165) is 11.1 Å². The molecule has 2 fully saturated rings. The Bertz CT molecular complexity index is 706. The Kier molecular flexibility index (Phi) is 4.06. The second-order valence-electron chi connectivity index (χ2n) is 6.17. The van der Waals surface area contributed by atoms with Crippen LogP contribution in [-0.4, -0.2) is 34.9 Å². The van der Waals surface area contributed by atoms with Crippen molar-refractivity contribution in [1.29, 1.82) is 0 Å². The van der Waals surface area contributed by atoms with Crippen LogP contribution in [0.25, 0.3) is 0 Å². The molecule has 0 saturated carbocycles. The zero-order valence-corrected chi connectivity index (χ0v) is 13.1. The minimum atomic E-state index is -0.777. The lowest BCUT2D eigenvalue weighted by molar-refractivity contribution is -0.238. The second-order valence-corrected chi connectivity index (χ2v) is 6.17. The van der Waals surface area contributed by atoms with Gasteiger partial charge >= 0.3 is 5.97 Å². The highest BCUT2D eigenvalue weighted by Gasteiger charge is 2.48. The molecule has 0 bridgehead atoms. The summed E-state index contributed by atoms with van der Waals surface area (Å²) < 4.78 is 5.35. The third kappa shape index (κ3) is 2.71. The Morgan fingerprint density at radius 2 is 1.67 bits per heavy atom. The zero-order valence-electron chi connectivity index (χ0n) is 13.1.